The van der Waals surface area contributed by atoms with Crippen LogP contribution in [0.1, 0.15) is 108 Å². The van der Waals surface area contributed by atoms with E-state index in [2.05, 4.69) is 53.8 Å². The van der Waals surface area contributed by atoms with Gasteiger partial charge in [0.25, 0.3) is 0 Å². The second kappa shape index (κ2) is 17.0. The van der Waals surface area contributed by atoms with E-state index in [0.717, 1.165) is 19.3 Å². The summed E-state index contributed by atoms with van der Waals surface area (Å²) in [6.07, 6.45) is -0.831. The molecule has 0 saturated carbocycles. The highest BCUT2D eigenvalue weighted by molar-refractivity contribution is 4.96. The highest BCUT2D eigenvalue weighted by Gasteiger charge is 2.49. The summed E-state index contributed by atoms with van der Waals surface area (Å²) in [5.74, 6) is 0.0227. The third-order valence-electron chi connectivity index (χ3n) is 11.1. The maximum Gasteiger partial charge on any atom is 0.161 e. The fourth-order valence-electron chi connectivity index (χ4n) is 8.26. The zero-order chi connectivity index (χ0) is 34.6. The summed E-state index contributed by atoms with van der Waals surface area (Å²) in [5, 5.41) is 38.0. The van der Waals surface area contributed by atoms with Crippen molar-refractivity contribution >= 4 is 0 Å². The molecule has 0 bridgehead atoms. The zero-order valence-corrected chi connectivity index (χ0v) is 30.9. The lowest BCUT2D eigenvalue weighted by atomic mass is 9.78. The maximum atomic E-state index is 12.3. The number of aliphatic hydroxyl groups excluding tert-OH is 2. The Morgan fingerprint density at radius 3 is 2.13 bits per heavy atom. The van der Waals surface area contributed by atoms with Crippen LogP contribution in [0.3, 0.4) is 0 Å². The largest absolute Gasteiger partial charge is 0.391 e. The van der Waals surface area contributed by atoms with Gasteiger partial charge < -0.3 is 49.1 Å². The number of hydrogen-bond acceptors (Lipinski definition) is 10. The molecule has 3 saturated heterocycles. The molecule has 3 aliphatic heterocycles. The van der Waals surface area contributed by atoms with Gasteiger partial charge in [-0.2, -0.15) is 0 Å². The van der Waals surface area contributed by atoms with E-state index in [0.29, 0.717) is 31.9 Å². The van der Waals surface area contributed by atoms with Crippen LogP contribution in [-0.2, 0) is 28.4 Å². The Hall–Kier alpha value is -0.400. The van der Waals surface area contributed by atoms with Crippen molar-refractivity contribution in [3.05, 3.63) is 0 Å². The molecule has 46 heavy (non-hydrogen) atoms. The monoisotopic (exact) mass is 659 g/mol. The van der Waals surface area contributed by atoms with Crippen LogP contribution < -0.4 is 5.32 Å². The molecule has 3 heterocycles. The van der Waals surface area contributed by atoms with Gasteiger partial charge in [-0.25, -0.2) is 0 Å². The first-order valence-electron chi connectivity index (χ1n) is 18.0. The number of nitrogens with one attached hydrogen (secondary N) is 1. The highest BCUT2D eigenvalue weighted by Crippen LogP contribution is 2.39. The van der Waals surface area contributed by atoms with E-state index in [-0.39, 0.29) is 41.9 Å². The highest BCUT2D eigenvalue weighted by atomic mass is 16.7. The molecule has 10 nitrogen and oxygen atoms in total. The van der Waals surface area contributed by atoms with Crippen molar-refractivity contribution in [3.8, 4) is 0 Å². The van der Waals surface area contributed by atoms with E-state index in [4.69, 9.17) is 28.4 Å². The van der Waals surface area contributed by atoms with Gasteiger partial charge >= 0.3 is 0 Å². The molecule has 0 amide bonds. The lowest BCUT2D eigenvalue weighted by molar-refractivity contribution is -0.310. The fourth-order valence-corrected chi connectivity index (χ4v) is 8.26. The van der Waals surface area contributed by atoms with E-state index in [1.807, 2.05) is 27.7 Å². The molecule has 3 aliphatic rings. The van der Waals surface area contributed by atoms with Crippen LogP contribution in [0.5, 0.6) is 0 Å². The van der Waals surface area contributed by atoms with Gasteiger partial charge in [0.2, 0.25) is 0 Å². The van der Waals surface area contributed by atoms with Crippen molar-refractivity contribution in [2.45, 2.75) is 181 Å². The standard InChI is InChI=1S/C36H69NO9/c1-13-28-24(6)31(38)26(8)37-18-21(3)16-35(10,40)34(46-29-15-20(2)14-23(5)43-29)25(7)32(22(4)19-42-28)45-30-17-36(11,41-12)33(39)27(9)44-30/h20-34,37-40H,13-19H2,1-12H3/t20?,21?,22?,23?,24?,25?,26?,27?,28?,29-,30?,31?,32?,33?,34?,35?,36?/m0/s1. The Morgan fingerprint density at radius 2 is 1.52 bits per heavy atom. The van der Waals surface area contributed by atoms with Crippen molar-refractivity contribution < 1.29 is 43.7 Å². The Balaban J connectivity index is 2.02. The first-order valence-corrected chi connectivity index (χ1v) is 18.0. The smallest absolute Gasteiger partial charge is 0.161 e. The van der Waals surface area contributed by atoms with Gasteiger partial charge in [-0.05, 0) is 72.3 Å². The minimum absolute atomic E-state index is 0.0647. The zero-order valence-electron chi connectivity index (χ0n) is 30.9. The molecule has 272 valence electrons. The number of rotatable bonds is 6. The van der Waals surface area contributed by atoms with E-state index in [1.54, 1.807) is 7.11 Å². The SMILES string of the molecule is CCC1OCC(C)C(OC2CC(C)(OC)C(O)C(C)O2)C(C)C(O[C@H]2CC(C)CC(C)O2)C(C)(O)CC(C)CNC(C)C(O)C1C. The third-order valence-corrected chi connectivity index (χ3v) is 11.1. The molecule has 17 atom stereocenters. The molecule has 0 aliphatic carbocycles. The number of aliphatic hydroxyl groups is 3. The molecule has 0 aromatic carbocycles. The average molecular weight is 660 g/mol. The summed E-state index contributed by atoms with van der Waals surface area (Å²) < 4.78 is 38.6. The van der Waals surface area contributed by atoms with Crippen LogP contribution in [0.4, 0.5) is 0 Å². The van der Waals surface area contributed by atoms with Crippen LogP contribution in [0, 0.1) is 29.6 Å². The summed E-state index contributed by atoms with van der Waals surface area (Å²) >= 11 is 0. The Labute approximate surface area is 279 Å². The van der Waals surface area contributed by atoms with Crippen LogP contribution in [0.25, 0.3) is 0 Å². The maximum absolute atomic E-state index is 12.3. The minimum Gasteiger partial charge on any atom is -0.391 e. The summed E-state index contributed by atoms with van der Waals surface area (Å²) in [5.41, 5.74) is -2.07. The predicted octanol–water partition coefficient (Wildman–Crippen LogP) is 4.65. The predicted molar refractivity (Wildman–Crippen MR) is 178 cm³/mol. The Morgan fingerprint density at radius 1 is 0.848 bits per heavy atom. The Kier molecular flexibility index (Phi) is 14.8. The summed E-state index contributed by atoms with van der Waals surface area (Å²) in [6.45, 7) is 23.3. The van der Waals surface area contributed by atoms with Gasteiger partial charge in [0, 0.05) is 43.7 Å². The van der Waals surface area contributed by atoms with Crippen LogP contribution in [-0.4, -0.2) is 108 Å². The van der Waals surface area contributed by atoms with E-state index in [1.165, 1.54) is 0 Å². The van der Waals surface area contributed by atoms with Crippen molar-refractivity contribution in [3.63, 3.8) is 0 Å². The van der Waals surface area contributed by atoms with Crippen LogP contribution in [0.2, 0.25) is 0 Å². The third kappa shape index (κ3) is 10.1. The molecule has 4 N–H and O–H groups in total. The summed E-state index contributed by atoms with van der Waals surface area (Å²) in [6, 6.07) is -0.140. The topological polar surface area (TPSA) is 128 Å². The fraction of sp³-hybridized carbons (Fsp3) is 1.00. The molecule has 0 spiro atoms. The Bertz CT molecular complexity index is 899. The minimum atomic E-state index is -1.23. The normalized spacial score (nSPS) is 50.8. The number of ether oxygens (including phenoxy) is 6. The van der Waals surface area contributed by atoms with Crippen molar-refractivity contribution in [1.29, 1.82) is 0 Å². The van der Waals surface area contributed by atoms with Crippen molar-refractivity contribution in [2.24, 2.45) is 29.6 Å². The van der Waals surface area contributed by atoms with Gasteiger partial charge in [0.05, 0.1) is 54.4 Å². The van der Waals surface area contributed by atoms with Crippen molar-refractivity contribution in [1.82, 2.24) is 5.32 Å². The quantitative estimate of drug-likeness (QED) is 0.320. The van der Waals surface area contributed by atoms with Crippen molar-refractivity contribution in [2.75, 3.05) is 20.3 Å². The number of hydrogen-bond donors (Lipinski definition) is 4. The van der Waals surface area contributed by atoms with Gasteiger partial charge in [-0.3, -0.25) is 0 Å². The molecule has 0 aromatic heterocycles. The molecule has 3 fully saturated rings. The van der Waals surface area contributed by atoms with Gasteiger partial charge in [-0.1, -0.05) is 41.5 Å². The van der Waals surface area contributed by atoms with Gasteiger partial charge in [-0.15, -0.1) is 0 Å². The summed E-state index contributed by atoms with van der Waals surface area (Å²) in [7, 11) is 1.60. The molecule has 0 radical (unpaired) electrons. The van der Waals surface area contributed by atoms with Gasteiger partial charge in [0.1, 0.15) is 6.10 Å². The lowest BCUT2D eigenvalue weighted by Gasteiger charge is -2.48. The first kappa shape index (κ1) is 40.0. The number of methoxy groups -OCH3 is 1. The van der Waals surface area contributed by atoms with Crippen LogP contribution >= 0.6 is 0 Å². The molecule has 10 heteroatoms. The van der Waals surface area contributed by atoms with E-state index >= 15 is 0 Å². The first-order chi connectivity index (χ1) is 21.4. The second-order valence-corrected chi connectivity index (χ2v) is 15.9. The molecule has 16 unspecified atom stereocenters. The summed E-state index contributed by atoms with van der Waals surface area (Å²) in [4.78, 5) is 0. The van der Waals surface area contributed by atoms with Crippen LogP contribution in [0.15, 0.2) is 0 Å². The molecular formula is C36H69NO9. The average Bonchev–Trinajstić information content (AvgIpc) is 2.98. The molecule has 3 rings (SSSR count). The van der Waals surface area contributed by atoms with Gasteiger partial charge in [0.15, 0.2) is 12.6 Å². The lowest BCUT2D eigenvalue weighted by Crippen LogP contribution is -2.58. The van der Waals surface area contributed by atoms with E-state index in [9.17, 15) is 15.3 Å². The molecule has 0 aromatic rings. The van der Waals surface area contributed by atoms with E-state index < -0.39 is 54.3 Å². The molecular weight excluding hydrogens is 590 g/mol. The second-order valence-electron chi connectivity index (χ2n) is 15.9.